The first-order valence-corrected chi connectivity index (χ1v) is 25.5. The Kier molecular flexibility index (Phi) is 10.6. The highest BCUT2D eigenvalue weighted by atomic mass is 15.1. The van der Waals surface area contributed by atoms with Crippen LogP contribution in [0.3, 0.4) is 0 Å². The van der Waals surface area contributed by atoms with Gasteiger partial charge in [-0.1, -0.05) is 237 Å². The number of anilines is 3. The summed E-state index contributed by atoms with van der Waals surface area (Å²) < 4.78 is 2.45. The maximum Gasteiger partial charge on any atom is 0.0619 e. The van der Waals surface area contributed by atoms with Crippen LogP contribution in [0.5, 0.6) is 0 Å². The number of benzene rings is 13. The lowest BCUT2D eigenvalue weighted by molar-refractivity contribution is 1.19. The van der Waals surface area contributed by atoms with Gasteiger partial charge in [0.05, 0.1) is 11.0 Å². The van der Waals surface area contributed by atoms with Crippen molar-refractivity contribution in [3.8, 4) is 61.3 Å². The average molecular weight is 941 g/mol. The lowest BCUT2D eigenvalue weighted by Crippen LogP contribution is -2.10. The van der Waals surface area contributed by atoms with Gasteiger partial charge >= 0.3 is 0 Å². The largest absolute Gasteiger partial charge is 0.310 e. The van der Waals surface area contributed by atoms with Crippen LogP contribution in [-0.2, 0) is 0 Å². The van der Waals surface area contributed by atoms with Crippen molar-refractivity contribution in [3.63, 3.8) is 0 Å². The molecule has 14 rings (SSSR count). The van der Waals surface area contributed by atoms with Crippen molar-refractivity contribution >= 4 is 71.2 Å². The molecule has 74 heavy (non-hydrogen) atoms. The molecule has 0 atom stereocenters. The summed E-state index contributed by atoms with van der Waals surface area (Å²) >= 11 is 0. The Morgan fingerprint density at radius 2 is 0.676 bits per heavy atom. The van der Waals surface area contributed by atoms with Crippen molar-refractivity contribution in [2.24, 2.45) is 0 Å². The first-order chi connectivity index (χ1) is 36.7. The standard InChI is InChI=1S/C72H48N2/c1-2-20-59(21-3-1)74-70-29-13-28-67(71(70)69-47-42-55-16-6-9-25-68(55)72(69)74)58-19-10-22-62(48-58)73(60-43-38-51(39-44-60)49-30-34-56(35-31-49)65-26-11-17-53-14-4-7-23-63(53)65)61-45-40-52(41-46-61)50-32-36-57(37-33-50)66-27-12-18-54-15-5-8-24-64(54)66/h1-48H. The molecule has 0 N–H and O–H groups in total. The molecule has 0 saturated carbocycles. The highest BCUT2D eigenvalue weighted by Gasteiger charge is 2.20. The Bertz CT molecular complexity index is 4200. The van der Waals surface area contributed by atoms with Crippen LogP contribution < -0.4 is 4.90 Å². The predicted molar refractivity (Wildman–Crippen MR) is 315 cm³/mol. The van der Waals surface area contributed by atoms with Gasteiger partial charge in [0.2, 0.25) is 0 Å². The molecular weight excluding hydrogens is 893 g/mol. The van der Waals surface area contributed by atoms with Gasteiger partial charge in [0.25, 0.3) is 0 Å². The number of rotatable bonds is 9. The molecule has 0 spiro atoms. The second-order valence-electron chi connectivity index (χ2n) is 19.2. The fourth-order valence-electron chi connectivity index (χ4n) is 11.4. The quantitative estimate of drug-likeness (QED) is 0.140. The first kappa shape index (κ1) is 43.1. The van der Waals surface area contributed by atoms with Gasteiger partial charge in [-0.25, -0.2) is 0 Å². The van der Waals surface area contributed by atoms with Gasteiger partial charge in [0.15, 0.2) is 0 Å². The molecule has 0 saturated heterocycles. The average Bonchev–Trinajstić information content (AvgIpc) is 3.83. The third-order valence-electron chi connectivity index (χ3n) is 15.0. The van der Waals surface area contributed by atoms with Crippen LogP contribution in [0.15, 0.2) is 291 Å². The molecule has 0 aliphatic rings. The predicted octanol–water partition coefficient (Wildman–Crippen LogP) is 20.0. The molecule has 14 aromatic rings. The van der Waals surface area contributed by atoms with Gasteiger partial charge in [0, 0.05) is 38.9 Å². The van der Waals surface area contributed by atoms with Crippen molar-refractivity contribution in [2.75, 3.05) is 4.90 Å². The fourth-order valence-corrected chi connectivity index (χ4v) is 11.4. The number of nitrogens with zero attached hydrogens (tertiary/aromatic N) is 2. The van der Waals surface area contributed by atoms with Crippen molar-refractivity contribution in [1.82, 2.24) is 4.57 Å². The highest BCUT2D eigenvalue weighted by Crippen LogP contribution is 2.44. The number of para-hydroxylation sites is 1. The molecule has 2 heteroatoms. The zero-order chi connectivity index (χ0) is 49.0. The number of hydrogen-bond acceptors (Lipinski definition) is 1. The maximum atomic E-state index is 2.45. The van der Waals surface area contributed by atoms with E-state index in [1.165, 1.54) is 104 Å². The van der Waals surface area contributed by atoms with Crippen LogP contribution in [0.4, 0.5) is 17.1 Å². The molecular formula is C72H48N2. The molecule has 0 unspecified atom stereocenters. The van der Waals surface area contributed by atoms with Gasteiger partial charge in [-0.15, -0.1) is 0 Å². The molecule has 0 bridgehead atoms. The van der Waals surface area contributed by atoms with E-state index in [1.54, 1.807) is 0 Å². The third kappa shape index (κ3) is 7.52. The lowest BCUT2D eigenvalue weighted by Gasteiger charge is -2.26. The molecule has 0 aliphatic carbocycles. The molecule has 2 nitrogen and oxygen atoms in total. The van der Waals surface area contributed by atoms with E-state index in [4.69, 9.17) is 0 Å². The van der Waals surface area contributed by atoms with Crippen LogP contribution in [0, 0.1) is 0 Å². The van der Waals surface area contributed by atoms with Gasteiger partial charge in [-0.2, -0.15) is 0 Å². The second kappa shape index (κ2) is 18.1. The first-order valence-electron chi connectivity index (χ1n) is 25.5. The van der Waals surface area contributed by atoms with E-state index in [0.29, 0.717) is 0 Å². The van der Waals surface area contributed by atoms with Crippen LogP contribution in [0.25, 0.3) is 115 Å². The smallest absolute Gasteiger partial charge is 0.0619 e. The van der Waals surface area contributed by atoms with Crippen LogP contribution >= 0.6 is 0 Å². The van der Waals surface area contributed by atoms with E-state index in [-0.39, 0.29) is 0 Å². The minimum absolute atomic E-state index is 1.08. The van der Waals surface area contributed by atoms with Crippen molar-refractivity contribution < 1.29 is 0 Å². The van der Waals surface area contributed by atoms with E-state index in [0.717, 1.165) is 28.3 Å². The Morgan fingerprint density at radius 3 is 1.24 bits per heavy atom. The summed E-state index contributed by atoms with van der Waals surface area (Å²) in [5.41, 5.74) is 18.8. The minimum Gasteiger partial charge on any atom is -0.310 e. The number of fused-ring (bicyclic) bond motifs is 7. The van der Waals surface area contributed by atoms with Gasteiger partial charge in [-0.3, -0.25) is 0 Å². The van der Waals surface area contributed by atoms with Crippen molar-refractivity contribution in [3.05, 3.63) is 291 Å². The fraction of sp³-hybridized carbons (Fsp3) is 0. The molecule has 1 heterocycles. The topological polar surface area (TPSA) is 8.17 Å². The minimum atomic E-state index is 1.08. The van der Waals surface area contributed by atoms with Crippen LogP contribution in [0.1, 0.15) is 0 Å². The van der Waals surface area contributed by atoms with Crippen molar-refractivity contribution in [1.29, 1.82) is 0 Å². The van der Waals surface area contributed by atoms with Crippen LogP contribution in [-0.4, -0.2) is 4.57 Å². The zero-order valence-electron chi connectivity index (χ0n) is 40.6. The second-order valence-corrected chi connectivity index (χ2v) is 19.2. The Labute approximate surface area is 430 Å². The van der Waals surface area contributed by atoms with Crippen molar-refractivity contribution in [2.45, 2.75) is 0 Å². The molecule has 0 aliphatic heterocycles. The molecule has 1 aromatic heterocycles. The molecule has 0 radical (unpaired) electrons. The lowest BCUT2D eigenvalue weighted by atomic mass is 9.96. The summed E-state index contributed by atoms with van der Waals surface area (Å²) in [6, 6.07) is 106. The Morgan fingerprint density at radius 1 is 0.243 bits per heavy atom. The van der Waals surface area contributed by atoms with E-state index in [9.17, 15) is 0 Å². The molecule has 0 fully saturated rings. The van der Waals surface area contributed by atoms with E-state index in [2.05, 4.69) is 301 Å². The summed E-state index contributed by atoms with van der Waals surface area (Å²) in [6.07, 6.45) is 0. The van der Waals surface area contributed by atoms with Gasteiger partial charge in [0.1, 0.15) is 0 Å². The SMILES string of the molecule is c1ccc(-n2c3cccc(-c4cccc(N(c5ccc(-c6ccc(-c7cccc8ccccc78)cc6)cc5)c5ccc(-c6ccc(-c7cccc8ccccc78)cc6)cc5)c4)c3c3ccc4ccccc4c32)cc1. The third-order valence-corrected chi connectivity index (χ3v) is 15.0. The summed E-state index contributed by atoms with van der Waals surface area (Å²) in [7, 11) is 0. The summed E-state index contributed by atoms with van der Waals surface area (Å²) in [5, 5.41) is 9.99. The number of hydrogen-bond donors (Lipinski definition) is 0. The summed E-state index contributed by atoms with van der Waals surface area (Å²) in [5.74, 6) is 0. The molecule has 13 aromatic carbocycles. The van der Waals surface area contributed by atoms with E-state index >= 15 is 0 Å². The Balaban J connectivity index is 0.862. The Hall–Kier alpha value is -9.76. The number of aromatic nitrogens is 1. The summed E-state index contributed by atoms with van der Waals surface area (Å²) in [6.45, 7) is 0. The zero-order valence-corrected chi connectivity index (χ0v) is 40.6. The van der Waals surface area contributed by atoms with Gasteiger partial charge in [-0.05, 0) is 137 Å². The molecule has 0 amide bonds. The highest BCUT2D eigenvalue weighted by molar-refractivity contribution is 6.22. The monoisotopic (exact) mass is 940 g/mol. The normalized spacial score (nSPS) is 11.5. The van der Waals surface area contributed by atoms with Crippen LogP contribution in [0.2, 0.25) is 0 Å². The van der Waals surface area contributed by atoms with E-state index < -0.39 is 0 Å². The maximum absolute atomic E-state index is 2.45. The van der Waals surface area contributed by atoms with Gasteiger partial charge < -0.3 is 9.47 Å². The summed E-state index contributed by atoms with van der Waals surface area (Å²) in [4.78, 5) is 2.39. The van der Waals surface area contributed by atoms with E-state index in [1.807, 2.05) is 0 Å². The molecule has 346 valence electrons.